The van der Waals surface area contributed by atoms with E-state index < -0.39 is 0 Å². The number of ether oxygens (including phenoxy) is 1. The molecule has 0 bridgehead atoms. The second kappa shape index (κ2) is 5.40. The van der Waals surface area contributed by atoms with Crippen molar-refractivity contribution in [3.05, 3.63) is 30.3 Å². The van der Waals surface area contributed by atoms with Crippen LogP contribution in [0.5, 0.6) is 5.75 Å². The molecule has 1 aromatic rings. The molecule has 1 aliphatic rings. The maximum Gasteiger partial charge on any atom is 0.261 e. The highest BCUT2D eigenvalue weighted by Gasteiger charge is 2.38. The molecule has 1 fully saturated rings. The number of carbonyl (C=O) groups is 1. The summed E-state index contributed by atoms with van der Waals surface area (Å²) in [6.45, 7) is 3.41. The van der Waals surface area contributed by atoms with Gasteiger partial charge in [-0.3, -0.25) is 4.79 Å². The Labute approximate surface area is 108 Å². The van der Waals surface area contributed by atoms with Crippen molar-refractivity contribution in [1.29, 1.82) is 0 Å². The molecule has 1 aliphatic heterocycles. The SMILES string of the molecule is CC1(CN)CCCN1C(=O)COc1ccccc1. The fourth-order valence-corrected chi connectivity index (χ4v) is 2.40. The zero-order valence-electron chi connectivity index (χ0n) is 10.8. The van der Waals surface area contributed by atoms with Crippen molar-refractivity contribution in [3.63, 3.8) is 0 Å². The van der Waals surface area contributed by atoms with Gasteiger partial charge >= 0.3 is 0 Å². The molecule has 2 N–H and O–H groups in total. The number of hydrogen-bond acceptors (Lipinski definition) is 3. The average Bonchev–Trinajstić information content (AvgIpc) is 2.80. The van der Waals surface area contributed by atoms with E-state index in [0.717, 1.165) is 25.1 Å². The summed E-state index contributed by atoms with van der Waals surface area (Å²) in [5, 5.41) is 0. The van der Waals surface area contributed by atoms with Crippen LogP contribution in [0.1, 0.15) is 19.8 Å². The third kappa shape index (κ3) is 2.64. The van der Waals surface area contributed by atoms with Gasteiger partial charge in [0.1, 0.15) is 5.75 Å². The van der Waals surface area contributed by atoms with E-state index in [1.807, 2.05) is 42.2 Å². The minimum absolute atomic E-state index is 0.0179. The number of nitrogens with zero attached hydrogens (tertiary/aromatic N) is 1. The third-order valence-corrected chi connectivity index (χ3v) is 3.60. The van der Waals surface area contributed by atoms with E-state index in [1.165, 1.54) is 0 Å². The Hall–Kier alpha value is -1.55. The van der Waals surface area contributed by atoms with Crippen LogP contribution in [0.3, 0.4) is 0 Å². The molecule has 0 radical (unpaired) electrons. The molecule has 4 nitrogen and oxygen atoms in total. The third-order valence-electron chi connectivity index (χ3n) is 3.60. The molecule has 1 saturated heterocycles. The van der Waals surface area contributed by atoms with Gasteiger partial charge < -0.3 is 15.4 Å². The first-order valence-electron chi connectivity index (χ1n) is 6.34. The van der Waals surface area contributed by atoms with Gasteiger partial charge in [-0.25, -0.2) is 0 Å². The van der Waals surface area contributed by atoms with E-state index in [-0.39, 0.29) is 18.1 Å². The zero-order chi connectivity index (χ0) is 13.0. The lowest BCUT2D eigenvalue weighted by Crippen LogP contribution is -2.51. The van der Waals surface area contributed by atoms with Crippen molar-refractivity contribution < 1.29 is 9.53 Å². The molecule has 0 aliphatic carbocycles. The van der Waals surface area contributed by atoms with Crippen molar-refractivity contribution in [3.8, 4) is 5.75 Å². The first-order valence-corrected chi connectivity index (χ1v) is 6.34. The van der Waals surface area contributed by atoms with E-state index >= 15 is 0 Å². The summed E-state index contributed by atoms with van der Waals surface area (Å²) in [4.78, 5) is 14.0. The first kappa shape index (κ1) is 12.9. The van der Waals surface area contributed by atoms with Crippen molar-refractivity contribution in [2.75, 3.05) is 19.7 Å². The van der Waals surface area contributed by atoms with Crippen LogP contribution in [0.25, 0.3) is 0 Å². The fraction of sp³-hybridized carbons (Fsp3) is 0.500. The number of amides is 1. The van der Waals surface area contributed by atoms with E-state index in [0.29, 0.717) is 6.54 Å². The first-order chi connectivity index (χ1) is 8.65. The summed E-state index contributed by atoms with van der Waals surface area (Å²) in [6, 6.07) is 9.39. The number of likely N-dealkylation sites (tertiary alicyclic amines) is 1. The maximum atomic E-state index is 12.1. The standard InChI is InChI=1S/C14H20N2O2/c1-14(11-15)8-5-9-16(14)13(17)10-18-12-6-3-2-4-7-12/h2-4,6-7H,5,8-11,15H2,1H3. The van der Waals surface area contributed by atoms with Gasteiger partial charge in [0, 0.05) is 13.1 Å². The molecule has 0 saturated carbocycles. The summed E-state index contributed by atoms with van der Waals surface area (Å²) in [5.74, 6) is 0.740. The topological polar surface area (TPSA) is 55.6 Å². The van der Waals surface area contributed by atoms with Crippen LogP contribution in [0.2, 0.25) is 0 Å². The lowest BCUT2D eigenvalue weighted by molar-refractivity contribution is -0.136. The predicted octanol–water partition coefficient (Wildman–Crippen LogP) is 1.41. The van der Waals surface area contributed by atoms with Gasteiger partial charge in [0.25, 0.3) is 5.91 Å². The van der Waals surface area contributed by atoms with Crippen LogP contribution in [0.15, 0.2) is 30.3 Å². The molecule has 1 unspecified atom stereocenters. The van der Waals surface area contributed by atoms with Crippen molar-refractivity contribution in [2.45, 2.75) is 25.3 Å². The van der Waals surface area contributed by atoms with Crippen LogP contribution >= 0.6 is 0 Å². The van der Waals surface area contributed by atoms with Crippen LogP contribution < -0.4 is 10.5 Å². The number of hydrogen-bond donors (Lipinski definition) is 1. The van der Waals surface area contributed by atoms with Crippen molar-refractivity contribution in [1.82, 2.24) is 4.90 Å². The molecule has 0 spiro atoms. The Balaban J connectivity index is 1.92. The van der Waals surface area contributed by atoms with E-state index in [4.69, 9.17) is 10.5 Å². The largest absolute Gasteiger partial charge is 0.484 e. The summed E-state index contributed by atoms with van der Waals surface area (Å²) in [6.07, 6.45) is 1.99. The molecule has 18 heavy (non-hydrogen) atoms. The molecule has 1 heterocycles. The average molecular weight is 248 g/mol. The molecule has 1 amide bonds. The van der Waals surface area contributed by atoms with E-state index in [1.54, 1.807) is 0 Å². The Morgan fingerprint density at radius 1 is 1.44 bits per heavy atom. The second-order valence-corrected chi connectivity index (χ2v) is 4.95. The Morgan fingerprint density at radius 2 is 2.17 bits per heavy atom. The van der Waals surface area contributed by atoms with Gasteiger partial charge in [-0.1, -0.05) is 18.2 Å². The van der Waals surface area contributed by atoms with Crippen LogP contribution in [-0.2, 0) is 4.79 Å². The molecule has 0 aromatic heterocycles. The van der Waals surface area contributed by atoms with Gasteiger partial charge in [0.05, 0.1) is 5.54 Å². The molecule has 2 rings (SSSR count). The Morgan fingerprint density at radius 3 is 2.83 bits per heavy atom. The van der Waals surface area contributed by atoms with Crippen LogP contribution in [0, 0.1) is 0 Å². The summed E-state index contributed by atoms with van der Waals surface area (Å²) >= 11 is 0. The lowest BCUT2D eigenvalue weighted by atomic mass is 9.99. The maximum absolute atomic E-state index is 12.1. The van der Waals surface area contributed by atoms with Gasteiger partial charge in [-0.05, 0) is 31.9 Å². The number of para-hydroxylation sites is 1. The molecule has 1 aromatic carbocycles. The summed E-state index contributed by atoms with van der Waals surface area (Å²) < 4.78 is 5.49. The van der Waals surface area contributed by atoms with Gasteiger partial charge in [0.2, 0.25) is 0 Å². The van der Waals surface area contributed by atoms with E-state index in [9.17, 15) is 4.79 Å². The normalized spacial score (nSPS) is 23.1. The Kier molecular flexibility index (Phi) is 3.87. The fourth-order valence-electron chi connectivity index (χ4n) is 2.40. The highest BCUT2D eigenvalue weighted by molar-refractivity contribution is 5.79. The highest BCUT2D eigenvalue weighted by atomic mass is 16.5. The number of benzene rings is 1. The quantitative estimate of drug-likeness (QED) is 0.876. The smallest absolute Gasteiger partial charge is 0.261 e. The van der Waals surface area contributed by atoms with E-state index in [2.05, 4.69) is 0 Å². The second-order valence-electron chi connectivity index (χ2n) is 4.95. The molecule has 4 heteroatoms. The van der Waals surface area contributed by atoms with Gasteiger partial charge in [0.15, 0.2) is 6.61 Å². The zero-order valence-corrected chi connectivity index (χ0v) is 10.8. The molecular weight excluding hydrogens is 228 g/mol. The summed E-state index contributed by atoms with van der Waals surface area (Å²) in [7, 11) is 0. The molecule has 98 valence electrons. The predicted molar refractivity (Wildman–Crippen MR) is 70.3 cm³/mol. The van der Waals surface area contributed by atoms with Crippen molar-refractivity contribution in [2.24, 2.45) is 5.73 Å². The summed E-state index contributed by atoms with van der Waals surface area (Å²) in [5.41, 5.74) is 5.57. The number of nitrogens with two attached hydrogens (primary N) is 1. The number of carbonyl (C=O) groups excluding carboxylic acids is 1. The molecule has 1 atom stereocenters. The van der Waals surface area contributed by atoms with Crippen LogP contribution in [-0.4, -0.2) is 36.0 Å². The van der Waals surface area contributed by atoms with Crippen molar-refractivity contribution >= 4 is 5.91 Å². The molecular formula is C14H20N2O2. The monoisotopic (exact) mass is 248 g/mol. The number of rotatable bonds is 4. The highest BCUT2D eigenvalue weighted by Crippen LogP contribution is 2.27. The van der Waals surface area contributed by atoms with Gasteiger partial charge in [-0.15, -0.1) is 0 Å². The minimum atomic E-state index is -0.197. The minimum Gasteiger partial charge on any atom is -0.484 e. The van der Waals surface area contributed by atoms with Crippen LogP contribution in [0.4, 0.5) is 0 Å². The Bertz CT molecular complexity index is 408. The van der Waals surface area contributed by atoms with Gasteiger partial charge in [-0.2, -0.15) is 0 Å². The lowest BCUT2D eigenvalue weighted by Gasteiger charge is -2.34.